The van der Waals surface area contributed by atoms with Crippen LogP contribution in [-0.2, 0) is 6.54 Å². The molecule has 1 heterocycles. The minimum Gasteiger partial charge on any atom is -0.497 e. The third-order valence-corrected chi connectivity index (χ3v) is 7.13. The summed E-state index contributed by atoms with van der Waals surface area (Å²) in [5.41, 5.74) is 2.24. The van der Waals surface area contributed by atoms with Gasteiger partial charge in [-0.05, 0) is 74.1 Å². The van der Waals surface area contributed by atoms with Gasteiger partial charge < -0.3 is 30.1 Å². The quantitative estimate of drug-likeness (QED) is 0.344. The first kappa shape index (κ1) is 29.8. The van der Waals surface area contributed by atoms with Gasteiger partial charge in [0.25, 0.3) is 5.91 Å². The van der Waals surface area contributed by atoms with Crippen LogP contribution in [0.4, 0.5) is 20.6 Å². The van der Waals surface area contributed by atoms with Crippen molar-refractivity contribution in [3.63, 3.8) is 0 Å². The molecule has 0 bridgehead atoms. The summed E-state index contributed by atoms with van der Waals surface area (Å²) in [4.78, 5) is 30.1. The largest absolute Gasteiger partial charge is 0.497 e. The molecule has 4 rings (SSSR count). The molecule has 218 valence electrons. The second-order valence-electron chi connectivity index (χ2n) is 10.5. The topological polar surface area (TPSA) is 103 Å². The predicted octanol–water partition coefficient (Wildman–Crippen LogP) is 4.83. The number of nitrogens with zero attached hydrogens (tertiary/aromatic N) is 2. The summed E-state index contributed by atoms with van der Waals surface area (Å²) in [6.45, 7) is 5.35. The molecule has 0 radical (unpaired) electrons. The fourth-order valence-corrected chi connectivity index (χ4v) is 4.76. The normalized spacial score (nSPS) is 17.6. The van der Waals surface area contributed by atoms with Crippen molar-refractivity contribution in [1.82, 2.24) is 9.80 Å². The Kier molecular flexibility index (Phi) is 9.80. The number of anilines is 2. The van der Waals surface area contributed by atoms with Gasteiger partial charge in [-0.15, -0.1) is 0 Å². The lowest BCUT2D eigenvalue weighted by molar-refractivity contribution is 0.0341. The third-order valence-electron chi connectivity index (χ3n) is 7.13. The van der Waals surface area contributed by atoms with E-state index in [9.17, 15) is 19.1 Å². The molecule has 1 aliphatic rings. The molecule has 10 heteroatoms. The standard InChI is InChI=1S/C31H37FN4O5/c1-20-16-36(21(2)19-37)30(38)27-15-25(34-31(39)33-24-9-7-23(32)8-10-24)11-14-28(27)41-29(20)18-35(3)17-22-5-12-26(40-4)13-6-22/h5-15,20-21,29,37H,16-19H2,1-4H3,(H2,33,34,39)/t20-,21-,29-/m1/s1. The van der Waals surface area contributed by atoms with Gasteiger partial charge >= 0.3 is 6.03 Å². The Morgan fingerprint density at radius 3 is 2.44 bits per heavy atom. The number of halogens is 1. The van der Waals surface area contributed by atoms with Crippen LogP contribution in [0.15, 0.2) is 66.7 Å². The van der Waals surface area contributed by atoms with E-state index >= 15 is 0 Å². The van der Waals surface area contributed by atoms with Crippen molar-refractivity contribution in [2.45, 2.75) is 32.5 Å². The average molecular weight is 565 g/mol. The van der Waals surface area contributed by atoms with Crippen LogP contribution in [0.2, 0.25) is 0 Å². The summed E-state index contributed by atoms with van der Waals surface area (Å²) in [7, 11) is 3.66. The fourth-order valence-electron chi connectivity index (χ4n) is 4.76. The van der Waals surface area contributed by atoms with Crippen molar-refractivity contribution in [2.75, 3.05) is 44.5 Å². The zero-order valence-electron chi connectivity index (χ0n) is 23.8. The first-order valence-electron chi connectivity index (χ1n) is 13.5. The highest BCUT2D eigenvalue weighted by molar-refractivity contribution is 6.02. The first-order valence-corrected chi connectivity index (χ1v) is 13.5. The molecule has 0 saturated carbocycles. The van der Waals surface area contributed by atoms with Crippen LogP contribution in [-0.4, -0.2) is 72.8 Å². The molecule has 3 amide bonds. The molecule has 3 aromatic carbocycles. The molecule has 3 aromatic rings. The van der Waals surface area contributed by atoms with Gasteiger partial charge in [-0.25, -0.2) is 9.18 Å². The van der Waals surface area contributed by atoms with E-state index in [-0.39, 0.29) is 24.5 Å². The number of amides is 3. The van der Waals surface area contributed by atoms with Crippen LogP contribution in [0.3, 0.4) is 0 Å². The Hall–Kier alpha value is -4.15. The lowest BCUT2D eigenvalue weighted by atomic mass is 9.99. The number of aliphatic hydroxyl groups is 1. The Morgan fingerprint density at radius 2 is 1.78 bits per heavy atom. The number of methoxy groups -OCH3 is 1. The molecule has 3 N–H and O–H groups in total. The van der Waals surface area contributed by atoms with E-state index < -0.39 is 17.9 Å². The summed E-state index contributed by atoms with van der Waals surface area (Å²) < 4.78 is 24.9. The minimum atomic E-state index is -0.539. The lowest BCUT2D eigenvalue weighted by Crippen LogP contribution is -2.49. The van der Waals surface area contributed by atoms with Crippen molar-refractivity contribution in [1.29, 1.82) is 0 Å². The molecular weight excluding hydrogens is 527 g/mol. The molecular formula is C31H37FN4O5. The minimum absolute atomic E-state index is 0.0290. The maximum Gasteiger partial charge on any atom is 0.323 e. The van der Waals surface area contributed by atoms with E-state index in [1.165, 1.54) is 24.3 Å². The van der Waals surface area contributed by atoms with Gasteiger partial charge in [0.1, 0.15) is 23.4 Å². The van der Waals surface area contributed by atoms with E-state index in [1.54, 1.807) is 37.1 Å². The van der Waals surface area contributed by atoms with Gasteiger partial charge in [0.2, 0.25) is 0 Å². The van der Waals surface area contributed by atoms with Gasteiger partial charge in [-0.1, -0.05) is 19.1 Å². The fraction of sp³-hybridized carbons (Fsp3) is 0.355. The number of benzene rings is 3. The second kappa shape index (κ2) is 13.5. The Balaban J connectivity index is 1.54. The van der Waals surface area contributed by atoms with Crippen molar-refractivity contribution in [3.05, 3.63) is 83.7 Å². The lowest BCUT2D eigenvalue weighted by Gasteiger charge is -2.38. The van der Waals surface area contributed by atoms with Crippen molar-refractivity contribution in [2.24, 2.45) is 5.92 Å². The number of aliphatic hydroxyl groups excluding tert-OH is 1. The zero-order valence-corrected chi connectivity index (χ0v) is 23.8. The van der Waals surface area contributed by atoms with Crippen molar-refractivity contribution < 1.29 is 28.6 Å². The number of nitrogens with one attached hydrogen (secondary N) is 2. The van der Waals surface area contributed by atoms with Gasteiger partial charge in [0.05, 0.1) is 25.3 Å². The average Bonchev–Trinajstić information content (AvgIpc) is 2.96. The molecule has 0 aromatic heterocycles. The molecule has 0 aliphatic carbocycles. The smallest absolute Gasteiger partial charge is 0.323 e. The van der Waals surface area contributed by atoms with E-state index in [4.69, 9.17) is 9.47 Å². The number of likely N-dealkylation sites (N-methyl/N-ethyl adjacent to an activating group) is 1. The maximum absolute atomic E-state index is 13.7. The van der Waals surface area contributed by atoms with Crippen LogP contribution in [0, 0.1) is 11.7 Å². The molecule has 0 fully saturated rings. The molecule has 0 saturated heterocycles. The highest BCUT2D eigenvalue weighted by atomic mass is 19.1. The molecule has 9 nitrogen and oxygen atoms in total. The highest BCUT2D eigenvalue weighted by Crippen LogP contribution is 2.31. The monoisotopic (exact) mass is 564 g/mol. The number of hydrogen-bond acceptors (Lipinski definition) is 6. The van der Waals surface area contributed by atoms with E-state index in [2.05, 4.69) is 15.5 Å². The third kappa shape index (κ3) is 7.74. The van der Waals surface area contributed by atoms with E-state index in [1.807, 2.05) is 38.2 Å². The number of ether oxygens (including phenoxy) is 2. The maximum atomic E-state index is 13.7. The van der Waals surface area contributed by atoms with Crippen molar-refractivity contribution in [3.8, 4) is 11.5 Å². The van der Waals surface area contributed by atoms with Gasteiger partial charge in [0, 0.05) is 36.9 Å². The summed E-state index contributed by atoms with van der Waals surface area (Å²) in [5, 5.41) is 15.3. The zero-order chi connectivity index (χ0) is 29.5. The Labute approximate surface area is 239 Å². The Bertz CT molecular complexity index is 1340. The van der Waals surface area contributed by atoms with Gasteiger partial charge in [0.15, 0.2) is 0 Å². The first-order chi connectivity index (χ1) is 19.7. The van der Waals surface area contributed by atoms with Crippen molar-refractivity contribution >= 4 is 23.3 Å². The number of carbonyl (C=O) groups excluding carboxylic acids is 2. The van der Waals surface area contributed by atoms with Crippen LogP contribution in [0.5, 0.6) is 11.5 Å². The van der Waals surface area contributed by atoms with Crippen LogP contribution in [0.25, 0.3) is 0 Å². The summed E-state index contributed by atoms with van der Waals surface area (Å²) >= 11 is 0. The second-order valence-corrected chi connectivity index (χ2v) is 10.5. The highest BCUT2D eigenvalue weighted by Gasteiger charge is 2.33. The summed E-state index contributed by atoms with van der Waals surface area (Å²) in [6.07, 6.45) is -0.251. The van der Waals surface area contributed by atoms with Crippen LogP contribution >= 0.6 is 0 Å². The summed E-state index contributed by atoms with van der Waals surface area (Å²) in [6, 6.07) is 17.3. The molecule has 0 unspecified atom stereocenters. The van der Waals surface area contributed by atoms with Gasteiger partial charge in [-0.2, -0.15) is 0 Å². The van der Waals surface area contributed by atoms with Gasteiger partial charge in [-0.3, -0.25) is 9.69 Å². The molecule has 1 aliphatic heterocycles. The molecule has 41 heavy (non-hydrogen) atoms. The number of fused-ring (bicyclic) bond motifs is 1. The number of rotatable bonds is 9. The number of hydrogen-bond donors (Lipinski definition) is 3. The predicted molar refractivity (Wildman–Crippen MR) is 156 cm³/mol. The molecule has 0 spiro atoms. The van der Waals surface area contributed by atoms with E-state index in [0.717, 1.165) is 11.3 Å². The van der Waals surface area contributed by atoms with Crippen LogP contribution in [0.1, 0.15) is 29.8 Å². The number of urea groups is 1. The SMILES string of the molecule is COc1ccc(CN(C)C[C@H]2Oc3ccc(NC(=O)Nc4ccc(F)cc4)cc3C(=O)N([C@H](C)CO)C[C@H]2C)cc1. The van der Waals surface area contributed by atoms with E-state index in [0.29, 0.717) is 42.3 Å². The Morgan fingerprint density at radius 1 is 1.12 bits per heavy atom. The number of carbonyl (C=O) groups is 2. The molecule has 3 atom stereocenters. The van der Waals surface area contributed by atoms with Crippen LogP contribution < -0.4 is 20.1 Å². The summed E-state index contributed by atoms with van der Waals surface area (Å²) in [5.74, 6) is 0.482.